The first-order valence-corrected chi connectivity index (χ1v) is 13.2. The molecular weight excluding hydrogens is 472 g/mol. The lowest BCUT2D eigenvalue weighted by molar-refractivity contribution is 0.0595. The van der Waals surface area contributed by atoms with Crippen LogP contribution in [0.25, 0.3) is 0 Å². The van der Waals surface area contributed by atoms with Crippen LogP contribution in [0.15, 0.2) is 64.9 Å². The van der Waals surface area contributed by atoms with Gasteiger partial charge in [0.2, 0.25) is 0 Å². The average Bonchev–Trinajstić information content (AvgIpc) is 3.27. The van der Waals surface area contributed by atoms with Crippen LogP contribution in [-0.2, 0) is 34.1 Å². The van der Waals surface area contributed by atoms with E-state index in [4.69, 9.17) is 4.74 Å². The maximum Gasteiger partial charge on any atom is 0.340 e. The first-order valence-electron chi connectivity index (χ1n) is 10.9. The van der Waals surface area contributed by atoms with Crippen LogP contribution in [0.5, 0.6) is 0 Å². The quantitative estimate of drug-likeness (QED) is 0.465. The van der Waals surface area contributed by atoms with Crippen LogP contribution in [0.1, 0.15) is 36.7 Å². The molecule has 178 valence electrons. The number of carbonyl (C=O) groups excluding carboxylic acids is 2. The highest BCUT2D eigenvalue weighted by Gasteiger charge is 2.36. The number of nitrogens with zero attached hydrogens (tertiary/aromatic N) is 2. The van der Waals surface area contributed by atoms with E-state index in [-0.39, 0.29) is 28.8 Å². The summed E-state index contributed by atoms with van der Waals surface area (Å²) in [6.45, 7) is 0.917. The third kappa shape index (κ3) is 4.77. The van der Waals surface area contributed by atoms with Crippen molar-refractivity contribution in [1.29, 1.82) is 0 Å². The van der Waals surface area contributed by atoms with Gasteiger partial charge in [-0.25, -0.2) is 13.2 Å². The van der Waals surface area contributed by atoms with E-state index in [0.29, 0.717) is 35.4 Å². The Morgan fingerprint density at radius 2 is 1.71 bits per heavy atom. The molecule has 7 nitrogen and oxygen atoms in total. The molecule has 0 spiro atoms. The van der Waals surface area contributed by atoms with Gasteiger partial charge in [0.1, 0.15) is 4.21 Å². The van der Waals surface area contributed by atoms with Gasteiger partial charge < -0.3 is 9.64 Å². The molecule has 0 unspecified atom stereocenters. The Morgan fingerprint density at radius 1 is 1.06 bits per heavy atom. The smallest absolute Gasteiger partial charge is 0.340 e. The van der Waals surface area contributed by atoms with E-state index in [1.165, 1.54) is 18.5 Å². The SMILES string of the molecule is COC(=O)c1c(S(=O)(=O)N(C)CCc2ccccc2)sc2c1CCN(C(=O)c1ccccc1)C2. The lowest BCUT2D eigenvalue weighted by Crippen LogP contribution is -2.35. The number of carbonyl (C=O) groups is 2. The van der Waals surface area contributed by atoms with E-state index in [1.54, 1.807) is 29.2 Å². The molecule has 2 heterocycles. The Labute approximate surface area is 203 Å². The lowest BCUT2D eigenvalue weighted by Gasteiger charge is -2.27. The Kier molecular flexibility index (Phi) is 7.16. The molecule has 1 aromatic heterocycles. The molecule has 3 aromatic rings. The molecule has 0 fully saturated rings. The standard InChI is InChI=1S/C25H26N2O5S2/c1-26(15-13-18-9-5-3-6-10-18)34(30,31)25-22(24(29)32-2)20-14-16-27(17-21(20)33-25)23(28)19-11-7-4-8-12-19/h3-12H,13-17H2,1-2H3. The molecule has 0 bridgehead atoms. The van der Waals surface area contributed by atoms with Crippen LogP contribution in [-0.4, -0.2) is 56.7 Å². The van der Waals surface area contributed by atoms with E-state index in [0.717, 1.165) is 16.9 Å². The molecule has 0 N–H and O–H groups in total. The average molecular weight is 499 g/mol. The number of benzene rings is 2. The van der Waals surface area contributed by atoms with Crippen molar-refractivity contribution in [3.05, 3.63) is 87.8 Å². The van der Waals surface area contributed by atoms with Crippen molar-refractivity contribution >= 4 is 33.2 Å². The number of methoxy groups -OCH3 is 1. The van der Waals surface area contributed by atoms with Gasteiger partial charge in [0.15, 0.2) is 0 Å². The minimum atomic E-state index is -3.93. The van der Waals surface area contributed by atoms with Crippen LogP contribution in [0, 0.1) is 0 Å². The minimum absolute atomic E-state index is 0.0195. The molecule has 0 saturated carbocycles. The van der Waals surface area contributed by atoms with Gasteiger partial charge in [-0.2, -0.15) is 4.31 Å². The third-order valence-corrected chi connectivity index (χ3v) is 9.49. The summed E-state index contributed by atoms with van der Waals surface area (Å²) in [4.78, 5) is 28.0. The molecule has 0 atom stereocenters. The number of sulfonamides is 1. The second-order valence-electron chi connectivity index (χ2n) is 8.06. The van der Waals surface area contributed by atoms with E-state index in [1.807, 2.05) is 36.4 Å². The number of hydrogen-bond acceptors (Lipinski definition) is 6. The van der Waals surface area contributed by atoms with Crippen LogP contribution in [0.4, 0.5) is 0 Å². The summed E-state index contributed by atoms with van der Waals surface area (Å²) in [5.41, 5.74) is 2.35. The van der Waals surface area contributed by atoms with E-state index >= 15 is 0 Å². The molecule has 1 aliphatic rings. The third-order valence-electron chi connectivity index (χ3n) is 5.92. The van der Waals surface area contributed by atoms with Crippen molar-refractivity contribution in [2.24, 2.45) is 0 Å². The normalized spacial score (nSPS) is 13.6. The van der Waals surface area contributed by atoms with Crippen molar-refractivity contribution in [2.75, 3.05) is 27.2 Å². The molecule has 4 rings (SSSR count). The predicted octanol–water partition coefficient (Wildman–Crippen LogP) is 3.60. The molecule has 2 aromatic carbocycles. The first kappa shape index (κ1) is 24.1. The number of fused-ring (bicyclic) bond motifs is 1. The summed E-state index contributed by atoms with van der Waals surface area (Å²) in [6, 6.07) is 18.6. The molecule has 9 heteroatoms. The van der Waals surface area contributed by atoms with Crippen LogP contribution < -0.4 is 0 Å². The highest BCUT2D eigenvalue weighted by Crippen LogP contribution is 2.38. The van der Waals surface area contributed by atoms with E-state index in [2.05, 4.69) is 0 Å². The number of esters is 1. The van der Waals surface area contributed by atoms with Crippen molar-refractivity contribution in [1.82, 2.24) is 9.21 Å². The first-order chi connectivity index (χ1) is 16.3. The van der Waals surface area contributed by atoms with Gasteiger partial charge >= 0.3 is 5.97 Å². The molecule has 34 heavy (non-hydrogen) atoms. The molecule has 0 aliphatic carbocycles. The van der Waals surface area contributed by atoms with Crippen molar-refractivity contribution in [3.8, 4) is 0 Å². The van der Waals surface area contributed by atoms with Crippen molar-refractivity contribution in [3.63, 3.8) is 0 Å². The number of thiophene rings is 1. The zero-order valence-corrected chi connectivity index (χ0v) is 20.7. The minimum Gasteiger partial charge on any atom is -0.465 e. The number of rotatable bonds is 7. The van der Waals surface area contributed by atoms with Gasteiger partial charge in [-0.05, 0) is 36.1 Å². The summed E-state index contributed by atoms with van der Waals surface area (Å²) >= 11 is 1.05. The molecule has 0 radical (unpaired) electrons. The van der Waals surface area contributed by atoms with Gasteiger partial charge in [-0.3, -0.25) is 4.79 Å². The summed E-state index contributed by atoms with van der Waals surface area (Å²) in [5.74, 6) is -0.793. The fourth-order valence-electron chi connectivity index (χ4n) is 4.00. The zero-order chi connectivity index (χ0) is 24.3. The number of ether oxygens (including phenoxy) is 1. The Balaban J connectivity index is 1.62. The fourth-order valence-corrected chi connectivity index (χ4v) is 7.26. The Bertz CT molecular complexity index is 1290. The molecular formula is C25H26N2O5S2. The zero-order valence-electron chi connectivity index (χ0n) is 19.1. The van der Waals surface area contributed by atoms with E-state index < -0.39 is 16.0 Å². The molecule has 0 saturated heterocycles. The summed E-state index contributed by atoms with van der Waals surface area (Å²) in [6.07, 6.45) is 0.937. The highest BCUT2D eigenvalue weighted by molar-refractivity contribution is 7.91. The number of hydrogen-bond donors (Lipinski definition) is 0. The van der Waals surface area contributed by atoms with Crippen LogP contribution >= 0.6 is 11.3 Å². The maximum absolute atomic E-state index is 13.5. The van der Waals surface area contributed by atoms with Gasteiger partial charge in [0.05, 0.1) is 19.2 Å². The largest absolute Gasteiger partial charge is 0.465 e. The van der Waals surface area contributed by atoms with Gasteiger partial charge in [0.25, 0.3) is 15.9 Å². The molecule has 1 aliphatic heterocycles. The molecule has 1 amide bonds. The summed E-state index contributed by atoms with van der Waals surface area (Å²) in [5, 5.41) is 0. The summed E-state index contributed by atoms with van der Waals surface area (Å²) in [7, 11) is -1.17. The monoisotopic (exact) mass is 498 g/mol. The van der Waals surface area contributed by atoms with Gasteiger partial charge in [0, 0.05) is 30.6 Å². The van der Waals surface area contributed by atoms with Gasteiger partial charge in [-0.15, -0.1) is 11.3 Å². The van der Waals surface area contributed by atoms with Gasteiger partial charge in [-0.1, -0.05) is 48.5 Å². The van der Waals surface area contributed by atoms with Crippen molar-refractivity contribution in [2.45, 2.75) is 23.6 Å². The number of likely N-dealkylation sites (N-methyl/N-ethyl adjacent to an activating group) is 1. The maximum atomic E-state index is 13.5. The van der Waals surface area contributed by atoms with E-state index in [9.17, 15) is 18.0 Å². The Hall–Kier alpha value is -3.01. The topological polar surface area (TPSA) is 84.0 Å². The van der Waals surface area contributed by atoms with Crippen LogP contribution in [0.2, 0.25) is 0 Å². The van der Waals surface area contributed by atoms with Crippen molar-refractivity contribution < 1.29 is 22.7 Å². The van der Waals surface area contributed by atoms with Crippen LogP contribution in [0.3, 0.4) is 0 Å². The predicted molar refractivity (Wildman–Crippen MR) is 131 cm³/mol. The second-order valence-corrected chi connectivity index (χ2v) is 11.4. The second kappa shape index (κ2) is 10.1. The number of amides is 1. The fraction of sp³-hybridized carbons (Fsp3) is 0.280. The Morgan fingerprint density at radius 3 is 2.35 bits per heavy atom. The highest BCUT2D eigenvalue weighted by atomic mass is 32.2. The lowest BCUT2D eigenvalue weighted by atomic mass is 10.0. The summed E-state index contributed by atoms with van der Waals surface area (Å²) < 4.78 is 33.2.